The average Bonchev–Trinajstić information content (AvgIpc) is 3.23. The molecule has 0 atom stereocenters. The molecule has 6 rings (SSSR count). The third-order valence-corrected chi connectivity index (χ3v) is 7.19. The Morgan fingerprint density at radius 3 is 2.56 bits per heavy atom. The van der Waals surface area contributed by atoms with Crippen LogP contribution in [0.2, 0.25) is 5.02 Å². The van der Waals surface area contributed by atoms with E-state index < -0.39 is 4.92 Å². The number of rotatable bonds is 4. The summed E-state index contributed by atoms with van der Waals surface area (Å²) in [5, 5.41) is 21.5. The Morgan fingerprint density at radius 1 is 0.974 bits per heavy atom. The smallest absolute Gasteiger partial charge is 0.269 e. The minimum atomic E-state index is -0.474. The van der Waals surface area contributed by atoms with Crippen LogP contribution < -0.4 is 4.90 Å². The highest BCUT2D eigenvalue weighted by Gasteiger charge is 2.25. The van der Waals surface area contributed by atoms with Crippen molar-refractivity contribution in [2.24, 2.45) is 0 Å². The van der Waals surface area contributed by atoms with E-state index in [1.54, 1.807) is 4.90 Å². The fourth-order valence-electron chi connectivity index (χ4n) is 5.00. The highest BCUT2D eigenvalue weighted by atomic mass is 35.5. The van der Waals surface area contributed by atoms with Gasteiger partial charge in [-0.1, -0.05) is 35.4 Å². The molecule has 1 fully saturated rings. The van der Waals surface area contributed by atoms with Crippen LogP contribution in [0.15, 0.2) is 66.7 Å². The van der Waals surface area contributed by atoms with E-state index in [1.807, 2.05) is 47.7 Å². The molecule has 5 aromatic rings. The summed E-state index contributed by atoms with van der Waals surface area (Å²) < 4.78 is 1.98. The number of nitro groups is 1. The number of benzene rings is 3. The van der Waals surface area contributed by atoms with Gasteiger partial charge < -0.3 is 9.80 Å². The number of anilines is 1. The maximum absolute atomic E-state index is 13.2. The van der Waals surface area contributed by atoms with Crippen LogP contribution in [-0.2, 0) is 0 Å². The molecule has 1 aliphatic rings. The third-order valence-electron chi connectivity index (χ3n) is 6.95. The Hall–Kier alpha value is -4.57. The monoisotopic (exact) mass is 541 g/mol. The van der Waals surface area contributed by atoms with Gasteiger partial charge in [0.25, 0.3) is 11.6 Å². The van der Waals surface area contributed by atoms with Crippen molar-refractivity contribution in [2.45, 2.75) is 13.3 Å². The van der Waals surface area contributed by atoms with Crippen LogP contribution in [0.4, 0.5) is 11.6 Å². The van der Waals surface area contributed by atoms with Gasteiger partial charge in [0.2, 0.25) is 5.95 Å². The Morgan fingerprint density at radius 2 is 1.79 bits per heavy atom. The zero-order chi connectivity index (χ0) is 27.1. The van der Waals surface area contributed by atoms with Crippen LogP contribution in [-0.4, -0.2) is 61.5 Å². The van der Waals surface area contributed by atoms with Gasteiger partial charge in [-0.05, 0) is 49.7 Å². The molecule has 1 saturated heterocycles. The van der Waals surface area contributed by atoms with E-state index in [4.69, 9.17) is 16.6 Å². The van der Waals surface area contributed by atoms with E-state index in [1.165, 1.54) is 24.3 Å². The quantitative estimate of drug-likeness (QED) is 0.228. The number of hydrogen-bond acceptors (Lipinski definition) is 7. The van der Waals surface area contributed by atoms with E-state index in [9.17, 15) is 14.9 Å². The molecule has 0 spiro atoms. The zero-order valence-electron chi connectivity index (χ0n) is 21.1. The first-order valence-electron chi connectivity index (χ1n) is 12.6. The average molecular weight is 542 g/mol. The number of aromatic nitrogens is 4. The number of carbonyl (C=O) groups excluding carboxylic acids is 1. The number of amides is 1. The van der Waals surface area contributed by atoms with Crippen molar-refractivity contribution in [1.29, 1.82) is 0 Å². The second kappa shape index (κ2) is 9.95. The largest absolute Gasteiger partial charge is 0.340 e. The predicted octanol–water partition coefficient (Wildman–Crippen LogP) is 5.17. The number of halogens is 1. The van der Waals surface area contributed by atoms with Crippen molar-refractivity contribution in [3.05, 3.63) is 93.0 Å². The molecule has 0 N–H and O–H groups in total. The minimum Gasteiger partial charge on any atom is -0.340 e. The van der Waals surface area contributed by atoms with Crippen LogP contribution in [0.5, 0.6) is 0 Å². The Kier molecular flexibility index (Phi) is 6.32. The highest BCUT2D eigenvalue weighted by molar-refractivity contribution is 6.31. The third kappa shape index (κ3) is 4.63. The molecule has 0 aliphatic carbocycles. The topological polar surface area (TPSA) is 110 Å². The second-order valence-corrected chi connectivity index (χ2v) is 10.00. The van der Waals surface area contributed by atoms with E-state index in [0.29, 0.717) is 54.2 Å². The molecule has 11 heteroatoms. The highest BCUT2D eigenvalue weighted by Crippen LogP contribution is 2.30. The lowest BCUT2D eigenvalue weighted by molar-refractivity contribution is -0.384. The van der Waals surface area contributed by atoms with Gasteiger partial charge in [-0.2, -0.15) is 0 Å². The van der Waals surface area contributed by atoms with Crippen LogP contribution in [0.3, 0.4) is 0 Å². The maximum atomic E-state index is 13.2. The Labute approximate surface area is 228 Å². The van der Waals surface area contributed by atoms with E-state index in [2.05, 4.69) is 21.2 Å². The molecule has 0 unspecified atom stereocenters. The molecule has 10 nitrogen and oxygen atoms in total. The summed E-state index contributed by atoms with van der Waals surface area (Å²) in [5.74, 6) is 1.22. The van der Waals surface area contributed by atoms with Gasteiger partial charge in [-0.15, -0.1) is 10.2 Å². The van der Waals surface area contributed by atoms with Crippen molar-refractivity contribution in [3.63, 3.8) is 0 Å². The van der Waals surface area contributed by atoms with Gasteiger partial charge in [0.05, 0.1) is 10.4 Å². The van der Waals surface area contributed by atoms with E-state index >= 15 is 0 Å². The lowest BCUT2D eigenvalue weighted by atomic mass is 10.1. The van der Waals surface area contributed by atoms with Gasteiger partial charge >= 0.3 is 0 Å². The SMILES string of the molecule is Cc1cccc(-c2nnc3c4ccc(Cl)cc4nc(N4CCCN(C(=O)c5ccc([N+](=O)[O-])cc5)CC4)n23)c1. The van der Waals surface area contributed by atoms with Gasteiger partial charge in [-0.25, -0.2) is 9.38 Å². The van der Waals surface area contributed by atoms with Crippen molar-refractivity contribution in [1.82, 2.24) is 24.5 Å². The Balaban J connectivity index is 1.37. The maximum Gasteiger partial charge on any atom is 0.269 e. The van der Waals surface area contributed by atoms with Crippen molar-refractivity contribution in [3.8, 4) is 11.4 Å². The Bertz CT molecular complexity index is 1740. The van der Waals surface area contributed by atoms with Crippen molar-refractivity contribution in [2.75, 3.05) is 31.1 Å². The summed E-state index contributed by atoms with van der Waals surface area (Å²) in [6.45, 7) is 4.27. The van der Waals surface area contributed by atoms with Gasteiger partial charge in [0, 0.05) is 59.8 Å². The lowest BCUT2D eigenvalue weighted by Gasteiger charge is -2.24. The van der Waals surface area contributed by atoms with Crippen LogP contribution in [0.25, 0.3) is 27.9 Å². The second-order valence-electron chi connectivity index (χ2n) is 9.56. The summed E-state index contributed by atoms with van der Waals surface area (Å²) in [6, 6.07) is 19.4. The van der Waals surface area contributed by atoms with Crippen LogP contribution in [0, 0.1) is 17.0 Å². The number of carbonyl (C=O) groups is 1. The molecular formula is C28H24ClN7O3. The molecule has 0 saturated carbocycles. The number of nitrogens with zero attached hydrogens (tertiary/aromatic N) is 7. The number of aryl methyl sites for hydroxylation is 1. The molecule has 3 heterocycles. The zero-order valence-corrected chi connectivity index (χ0v) is 21.9. The summed E-state index contributed by atoms with van der Waals surface area (Å²) in [5.41, 5.74) is 3.83. The van der Waals surface area contributed by atoms with Gasteiger partial charge in [0.15, 0.2) is 11.5 Å². The molecule has 0 radical (unpaired) electrons. The molecule has 1 aliphatic heterocycles. The molecule has 1 amide bonds. The fraction of sp³-hybridized carbons (Fsp3) is 0.214. The van der Waals surface area contributed by atoms with Crippen LogP contribution in [0.1, 0.15) is 22.3 Å². The molecule has 196 valence electrons. The first-order chi connectivity index (χ1) is 18.9. The summed E-state index contributed by atoms with van der Waals surface area (Å²) in [6.07, 6.45) is 0.720. The molecule has 0 bridgehead atoms. The van der Waals surface area contributed by atoms with E-state index in [-0.39, 0.29) is 11.6 Å². The lowest BCUT2D eigenvalue weighted by Crippen LogP contribution is -2.36. The summed E-state index contributed by atoms with van der Waals surface area (Å²) in [4.78, 5) is 32.7. The molecule has 3 aromatic carbocycles. The van der Waals surface area contributed by atoms with Gasteiger partial charge in [0.1, 0.15) is 0 Å². The number of non-ortho nitro benzene ring substituents is 1. The number of fused-ring (bicyclic) bond motifs is 3. The predicted molar refractivity (Wildman–Crippen MR) is 149 cm³/mol. The van der Waals surface area contributed by atoms with Crippen molar-refractivity contribution < 1.29 is 9.72 Å². The van der Waals surface area contributed by atoms with E-state index in [0.717, 1.165) is 28.5 Å². The molecule has 39 heavy (non-hydrogen) atoms. The minimum absolute atomic E-state index is 0.0431. The number of hydrogen-bond donors (Lipinski definition) is 0. The fourth-order valence-corrected chi connectivity index (χ4v) is 5.17. The summed E-state index contributed by atoms with van der Waals surface area (Å²) >= 11 is 6.31. The standard InChI is InChI=1S/C28H24ClN7O3/c1-18-4-2-5-20(16-18)25-31-32-26-23-11-8-21(29)17-24(23)30-28(35(25)26)34-13-3-12-33(14-15-34)27(37)19-6-9-22(10-7-19)36(38)39/h2,4-11,16-17H,3,12-15H2,1H3. The van der Waals surface area contributed by atoms with Gasteiger partial charge in [-0.3, -0.25) is 14.9 Å². The normalized spacial score (nSPS) is 14.1. The molecular weight excluding hydrogens is 518 g/mol. The van der Waals surface area contributed by atoms with Crippen LogP contribution >= 0.6 is 11.6 Å². The molecule has 2 aromatic heterocycles. The van der Waals surface area contributed by atoms with Crippen molar-refractivity contribution >= 4 is 45.7 Å². The summed E-state index contributed by atoms with van der Waals surface area (Å²) in [7, 11) is 0. The first kappa shape index (κ1) is 24.7. The number of nitro benzene ring substituents is 1. The first-order valence-corrected chi connectivity index (χ1v) is 13.0.